The smallest absolute Gasteiger partial charge is 0.360 e. The summed E-state index contributed by atoms with van der Waals surface area (Å²) in [5.74, 6) is -0.555. The van der Waals surface area contributed by atoms with Gasteiger partial charge < -0.3 is 10.5 Å². The van der Waals surface area contributed by atoms with Crippen molar-refractivity contribution in [3.05, 3.63) is 40.0 Å². The molecule has 0 saturated heterocycles. The molecule has 0 aliphatic heterocycles. The van der Waals surface area contributed by atoms with E-state index in [0.717, 1.165) is 0 Å². The summed E-state index contributed by atoms with van der Waals surface area (Å²) in [6.45, 7) is 1.84. The van der Waals surface area contributed by atoms with Crippen LogP contribution >= 0.6 is 15.9 Å². The molecule has 0 radical (unpaired) electrons. The molecule has 1 aromatic carbocycles. The second kappa shape index (κ2) is 5.62. The molecular formula is C13H13BrFN3O2. The maximum atomic E-state index is 14.0. The van der Waals surface area contributed by atoms with Crippen molar-refractivity contribution >= 4 is 27.7 Å². The van der Waals surface area contributed by atoms with E-state index in [1.807, 2.05) is 6.92 Å². The fourth-order valence-electron chi connectivity index (χ4n) is 1.89. The normalized spacial score (nSPS) is 10.6. The number of benzene rings is 1. The molecule has 2 aromatic rings. The van der Waals surface area contributed by atoms with Crippen LogP contribution < -0.4 is 5.73 Å². The lowest BCUT2D eigenvalue weighted by Gasteiger charge is -2.10. The number of nitrogen functional groups attached to an aromatic ring is 1. The Morgan fingerprint density at radius 3 is 2.85 bits per heavy atom. The molecule has 2 rings (SSSR count). The molecule has 0 spiro atoms. The summed E-state index contributed by atoms with van der Waals surface area (Å²) < 4.78 is 20.7. The number of rotatable bonds is 3. The first kappa shape index (κ1) is 14.5. The molecule has 0 aliphatic carbocycles. The van der Waals surface area contributed by atoms with Crippen LogP contribution in [0.3, 0.4) is 0 Å². The largest absolute Gasteiger partial charge is 0.464 e. The molecule has 0 saturated carbocycles. The Bertz CT molecular complexity index is 670. The van der Waals surface area contributed by atoms with Gasteiger partial charge in [-0.1, -0.05) is 22.9 Å². The molecule has 0 fully saturated rings. The number of aryl methyl sites for hydroxylation is 1. The zero-order valence-corrected chi connectivity index (χ0v) is 12.6. The highest BCUT2D eigenvalue weighted by atomic mass is 79.9. The maximum Gasteiger partial charge on any atom is 0.360 e. The molecule has 0 unspecified atom stereocenters. The van der Waals surface area contributed by atoms with E-state index >= 15 is 0 Å². The average molecular weight is 342 g/mol. The third-order valence-electron chi connectivity index (χ3n) is 2.83. The van der Waals surface area contributed by atoms with Crippen molar-refractivity contribution in [3.8, 4) is 5.69 Å². The minimum atomic E-state index is -0.647. The molecular weight excluding hydrogens is 329 g/mol. The number of anilines is 1. The molecule has 0 atom stereocenters. The van der Waals surface area contributed by atoms with Crippen LogP contribution in [0.25, 0.3) is 5.69 Å². The lowest BCUT2D eigenvalue weighted by molar-refractivity contribution is 0.0595. The van der Waals surface area contributed by atoms with Crippen LogP contribution in [0, 0.1) is 5.82 Å². The van der Waals surface area contributed by atoms with Crippen molar-refractivity contribution < 1.29 is 13.9 Å². The molecule has 7 heteroatoms. The number of halogens is 2. The number of methoxy groups -OCH3 is 1. The van der Waals surface area contributed by atoms with Crippen molar-refractivity contribution in [1.82, 2.24) is 9.55 Å². The molecule has 1 aromatic heterocycles. The van der Waals surface area contributed by atoms with E-state index in [9.17, 15) is 9.18 Å². The number of esters is 1. The molecule has 1 heterocycles. The molecule has 20 heavy (non-hydrogen) atoms. The van der Waals surface area contributed by atoms with Crippen LogP contribution in [0.1, 0.15) is 23.2 Å². The Morgan fingerprint density at radius 1 is 1.55 bits per heavy atom. The van der Waals surface area contributed by atoms with Crippen molar-refractivity contribution in [3.63, 3.8) is 0 Å². The first-order valence-electron chi connectivity index (χ1n) is 5.90. The van der Waals surface area contributed by atoms with E-state index in [4.69, 9.17) is 5.73 Å². The van der Waals surface area contributed by atoms with Gasteiger partial charge in [0, 0.05) is 10.9 Å². The number of carbonyl (C=O) groups is 1. The highest BCUT2D eigenvalue weighted by molar-refractivity contribution is 9.10. The van der Waals surface area contributed by atoms with Crippen LogP contribution in [0.15, 0.2) is 22.7 Å². The van der Waals surface area contributed by atoms with Crippen LogP contribution in [0.5, 0.6) is 0 Å². The molecule has 2 N–H and O–H groups in total. The standard InChI is InChI=1S/C13H13BrFN3O2/c1-3-10-17-11(13(19)20-2)12(16)18(10)9-6-7(14)4-5-8(9)15/h4-6H,3,16H2,1-2H3. The zero-order valence-electron chi connectivity index (χ0n) is 11.0. The number of hydrogen-bond donors (Lipinski definition) is 1. The predicted octanol–water partition coefficient (Wildman–Crippen LogP) is 2.71. The van der Waals surface area contributed by atoms with Gasteiger partial charge in [-0.2, -0.15) is 0 Å². The van der Waals surface area contributed by atoms with E-state index in [0.29, 0.717) is 16.7 Å². The molecule has 0 bridgehead atoms. The van der Waals surface area contributed by atoms with Crippen LogP contribution in [0.2, 0.25) is 0 Å². The van der Waals surface area contributed by atoms with E-state index in [1.165, 1.54) is 17.7 Å². The minimum absolute atomic E-state index is 0.0104. The van der Waals surface area contributed by atoms with Crippen molar-refractivity contribution in [2.24, 2.45) is 0 Å². The fourth-order valence-corrected chi connectivity index (χ4v) is 2.24. The first-order valence-corrected chi connectivity index (χ1v) is 6.69. The van der Waals surface area contributed by atoms with Crippen LogP contribution in [-0.2, 0) is 11.2 Å². The lowest BCUT2D eigenvalue weighted by atomic mass is 10.3. The highest BCUT2D eigenvalue weighted by Crippen LogP contribution is 2.26. The number of imidazole rings is 1. The van der Waals surface area contributed by atoms with E-state index < -0.39 is 11.8 Å². The summed E-state index contributed by atoms with van der Waals surface area (Å²) in [6.07, 6.45) is 0.493. The number of aromatic nitrogens is 2. The monoisotopic (exact) mass is 341 g/mol. The number of nitrogens with two attached hydrogens (primary N) is 1. The molecule has 0 amide bonds. The van der Waals surface area contributed by atoms with Gasteiger partial charge in [-0.25, -0.2) is 14.2 Å². The van der Waals surface area contributed by atoms with Crippen molar-refractivity contribution in [2.45, 2.75) is 13.3 Å². The van der Waals surface area contributed by atoms with Crippen LogP contribution in [-0.4, -0.2) is 22.6 Å². The Morgan fingerprint density at radius 2 is 2.25 bits per heavy atom. The summed E-state index contributed by atoms with van der Waals surface area (Å²) in [6, 6.07) is 4.47. The number of ether oxygens (including phenoxy) is 1. The predicted molar refractivity (Wildman–Crippen MR) is 76.4 cm³/mol. The molecule has 5 nitrogen and oxygen atoms in total. The second-order valence-corrected chi connectivity index (χ2v) is 4.95. The van der Waals surface area contributed by atoms with Crippen molar-refractivity contribution in [1.29, 1.82) is 0 Å². The van der Waals surface area contributed by atoms with Crippen molar-refractivity contribution in [2.75, 3.05) is 12.8 Å². The zero-order chi connectivity index (χ0) is 14.9. The summed E-state index contributed by atoms with van der Waals surface area (Å²) in [5.41, 5.74) is 6.15. The van der Waals surface area contributed by atoms with Gasteiger partial charge in [0.15, 0.2) is 5.69 Å². The maximum absolute atomic E-state index is 14.0. The Kier molecular flexibility index (Phi) is 4.08. The Hall–Kier alpha value is -1.89. The highest BCUT2D eigenvalue weighted by Gasteiger charge is 2.22. The third kappa shape index (κ3) is 2.40. The summed E-state index contributed by atoms with van der Waals surface area (Å²) in [5, 5.41) is 0. The Balaban J connectivity index is 2.70. The van der Waals surface area contributed by atoms with Gasteiger partial charge in [0.25, 0.3) is 0 Å². The minimum Gasteiger partial charge on any atom is -0.464 e. The van der Waals surface area contributed by atoms with Crippen LogP contribution in [0.4, 0.5) is 10.2 Å². The number of nitrogens with zero attached hydrogens (tertiary/aromatic N) is 2. The quantitative estimate of drug-likeness (QED) is 0.871. The number of carbonyl (C=O) groups excluding carboxylic acids is 1. The van der Waals surface area contributed by atoms with Gasteiger partial charge >= 0.3 is 5.97 Å². The summed E-state index contributed by atoms with van der Waals surface area (Å²) >= 11 is 3.28. The van der Waals surface area contributed by atoms with Gasteiger partial charge in [-0.05, 0) is 18.2 Å². The van der Waals surface area contributed by atoms with Gasteiger partial charge in [-0.3, -0.25) is 4.57 Å². The van der Waals surface area contributed by atoms with E-state index in [1.54, 1.807) is 12.1 Å². The summed E-state index contributed by atoms with van der Waals surface area (Å²) in [4.78, 5) is 15.7. The van der Waals surface area contributed by atoms with Gasteiger partial charge in [0.05, 0.1) is 12.8 Å². The van der Waals surface area contributed by atoms with E-state index in [-0.39, 0.29) is 17.2 Å². The lowest BCUT2D eigenvalue weighted by Crippen LogP contribution is -2.09. The first-order chi connectivity index (χ1) is 9.49. The summed E-state index contributed by atoms with van der Waals surface area (Å²) in [7, 11) is 1.24. The third-order valence-corrected chi connectivity index (χ3v) is 3.32. The topological polar surface area (TPSA) is 70.1 Å². The molecule has 106 valence electrons. The second-order valence-electron chi connectivity index (χ2n) is 4.04. The Labute approximate surface area is 123 Å². The average Bonchev–Trinajstić information content (AvgIpc) is 2.77. The fraction of sp³-hybridized carbons (Fsp3) is 0.231. The van der Waals surface area contributed by atoms with Gasteiger partial charge in [0.1, 0.15) is 17.5 Å². The SMILES string of the molecule is CCc1nc(C(=O)OC)c(N)n1-c1cc(Br)ccc1F. The molecule has 0 aliphatic rings. The van der Waals surface area contributed by atoms with Gasteiger partial charge in [0.2, 0.25) is 0 Å². The number of hydrogen-bond acceptors (Lipinski definition) is 4. The van der Waals surface area contributed by atoms with Gasteiger partial charge in [-0.15, -0.1) is 0 Å². The van der Waals surface area contributed by atoms with E-state index in [2.05, 4.69) is 25.7 Å².